The largest absolute Gasteiger partial charge is 0.436 e. The van der Waals surface area contributed by atoms with E-state index in [1.807, 2.05) is 0 Å². The minimum absolute atomic E-state index is 0.106. The topological polar surface area (TPSA) is 55.2 Å². The summed E-state index contributed by atoms with van der Waals surface area (Å²) in [6, 6.07) is 3.36. The van der Waals surface area contributed by atoms with Crippen molar-refractivity contribution in [2.75, 3.05) is 0 Å². The fourth-order valence-electron chi connectivity index (χ4n) is 1.19. The summed E-state index contributed by atoms with van der Waals surface area (Å²) >= 11 is 9.25. The Hall–Kier alpha value is -1.17. The van der Waals surface area contributed by atoms with E-state index in [1.165, 1.54) is 6.20 Å². The molecule has 6 heteroatoms. The van der Waals surface area contributed by atoms with Gasteiger partial charge in [0.15, 0.2) is 0 Å². The molecule has 0 saturated carbocycles. The lowest BCUT2D eigenvalue weighted by atomic mass is 10.3. The highest BCUT2D eigenvalue weighted by atomic mass is 79.9. The van der Waals surface area contributed by atoms with Gasteiger partial charge in [-0.3, -0.25) is 4.98 Å². The number of hydrogen-bond acceptors (Lipinski definition) is 4. The Morgan fingerprint density at radius 2 is 2.12 bits per heavy atom. The van der Waals surface area contributed by atoms with Gasteiger partial charge in [-0.05, 0) is 33.6 Å². The van der Waals surface area contributed by atoms with Crippen LogP contribution in [0, 0.1) is 0 Å². The van der Waals surface area contributed by atoms with Gasteiger partial charge in [-0.1, -0.05) is 11.6 Å². The van der Waals surface area contributed by atoms with Crippen LogP contribution in [0.15, 0.2) is 35.2 Å². The maximum Gasteiger partial charge on any atom is 0.238 e. The monoisotopic (exact) mass is 314 g/mol. The molecule has 0 unspecified atom stereocenters. The van der Waals surface area contributed by atoms with Gasteiger partial charge in [0.2, 0.25) is 5.88 Å². The Balaban J connectivity index is 2.24. The number of pyridine rings is 2. The third-order valence-electron chi connectivity index (χ3n) is 1.94. The molecule has 0 aromatic carbocycles. The summed E-state index contributed by atoms with van der Waals surface area (Å²) < 4.78 is 6.28. The molecule has 0 fully saturated rings. The first kappa shape index (κ1) is 12.3. The number of aliphatic hydroxyl groups excluding tert-OH is 1. The molecule has 0 aliphatic heterocycles. The molecule has 2 rings (SSSR count). The zero-order chi connectivity index (χ0) is 12.3. The van der Waals surface area contributed by atoms with Crippen LogP contribution in [0.2, 0.25) is 5.02 Å². The van der Waals surface area contributed by atoms with Gasteiger partial charge in [-0.25, -0.2) is 4.98 Å². The number of aromatic nitrogens is 2. The van der Waals surface area contributed by atoms with Crippen molar-refractivity contribution in [1.29, 1.82) is 0 Å². The molecule has 4 nitrogen and oxygen atoms in total. The maximum absolute atomic E-state index is 8.92. The molecule has 0 radical (unpaired) electrons. The first-order valence-corrected chi connectivity index (χ1v) is 5.90. The first-order valence-electron chi connectivity index (χ1n) is 4.72. The van der Waals surface area contributed by atoms with E-state index in [0.717, 1.165) is 4.47 Å². The molecule has 0 spiro atoms. The average molecular weight is 316 g/mol. The number of aliphatic hydroxyl groups is 1. The second kappa shape index (κ2) is 5.44. The molecule has 0 aliphatic carbocycles. The van der Waals surface area contributed by atoms with Gasteiger partial charge < -0.3 is 9.84 Å². The fourth-order valence-corrected chi connectivity index (χ4v) is 1.76. The van der Waals surface area contributed by atoms with Crippen molar-refractivity contribution in [3.8, 4) is 11.6 Å². The van der Waals surface area contributed by atoms with E-state index in [-0.39, 0.29) is 12.5 Å². The summed E-state index contributed by atoms with van der Waals surface area (Å²) in [5, 5.41) is 9.27. The summed E-state index contributed by atoms with van der Waals surface area (Å²) in [6.07, 6.45) is 4.71. The molecule has 2 aromatic heterocycles. The summed E-state index contributed by atoms with van der Waals surface area (Å²) in [7, 11) is 0. The summed E-state index contributed by atoms with van der Waals surface area (Å²) in [5.74, 6) is 0.814. The molecule has 0 bridgehead atoms. The van der Waals surface area contributed by atoms with Gasteiger partial charge >= 0.3 is 0 Å². The van der Waals surface area contributed by atoms with Gasteiger partial charge in [0.1, 0.15) is 10.8 Å². The SMILES string of the molecule is OCc1cnc(Oc2cncc(Br)c2)c(Cl)c1. The first-order chi connectivity index (χ1) is 8.19. The summed E-state index contributed by atoms with van der Waals surface area (Å²) in [5.41, 5.74) is 0.634. The molecule has 17 heavy (non-hydrogen) atoms. The number of nitrogens with zero attached hydrogens (tertiary/aromatic N) is 2. The van der Waals surface area contributed by atoms with Crippen LogP contribution in [-0.2, 0) is 6.61 Å². The molecule has 2 heterocycles. The lowest BCUT2D eigenvalue weighted by Crippen LogP contribution is -1.92. The van der Waals surface area contributed by atoms with Crippen LogP contribution >= 0.6 is 27.5 Å². The van der Waals surface area contributed by atoms with Crippen molar-refractivity contribution in [2.24, 2.45) is 0 Å². The Morgan fingerprint density at radius 1 is 1.29 bits per heavy atom. The zero-order valence-electron chi connectivity index (χ0n) is 8.60. The molecule has 0 aliphatic rings. The highest BCUT2D eigenvalue weighted by molar-refractivity contribution is 9.10. The molecular formula is C11H8BrClN2O2. The highest BCUT2D eigenvalue weighted by Gasteiger charge is 2.06. The van der Waals surface area contributed by atoms with Crippen molar-refractivity contribution >= 4 is 27.5 Å². The fraction of sp³-hybridized carbons (Fsp3) is 0.0909. The van der Waals surface area contributed by atoms with E-state index >= 15 is 0 Å². The van der Waals surface area contributed by atoms with E-state index in [2.05, 4.69) is 25.9 Å². The third kappa shape index (κ3) is 3.15. The number of hydrogen-bond donors (Lipinski definition) is 1. The van der Waals surface area contributed by atoms with Crippen LogP contribution in [0.1, 0.15) is 5.56 Å². The van der Waals surface area contributed by atoms with Crippen LogP contribution in [-0.4, -0.2) is 15.1 Å². The number of rotatable bonds is 3. The predicted octanol–water partition coefficient (Wildman–Crippen LogP) is 3.18. The normalized spacial score (nSPS) is 10.3. The predicted molar refractivity (Wildman–Crippen MR) is 67.2 cm³/mol. The molecule has 1 N–H and O–H groups in total. The van der Waals surface area contributed by atoms with Crippen LogP contribution in [0.4, 0.5) is 0 Å². The molecular weight excluding hydrogens is 307 g/mol. The van der Waals surface area contributed by atoms with E-state index < -0.39 is 0 Å². The van der Waals surface area contributed by atoms with Crippen LogP contribution in [0.25, 0.3) is 0 Å². The molecule has 0 amide bonds. The minimum Gasteiger partial charge on any atom is -0.436 e. The third-order valence-corrected chi connectivity index (χ3v) is 2.65. The average Bonchev–Trinajstić information content (AvgIpc) is 2.32. The smallest absolute Gasteiger partial charge is 0.238 e. The highest BCUT2D eigenvalue weighted by Crippen LogP contribution is 2.28. The van der Waals surface area contributed by atoms with Gasteiger partial charge in [0.25, 0.3) is 0 Å². The van der Waals surface area contributed by atoms with Crippen LogP contribution in [0.5, 0.6) is 11.6 Å². The van der Waals surface area contributed by atoms with Crippen molar-refractivity contribution in [3.05, 3.63) is 45.8 Å². The Morgan fingerprint density at radius 3 is 2.76 bits per heavy atom. The van der Waals surface area contributed by atoms with Gasteiger partial charge in [-0.2, -0.15) is 0 Å². The van der Waals surface area contributed by atoms with Crippen LogP contribution < -0.4 is 4.74 Å². The summed E-state index contributed by atoms with van der Waals surface area (Å²) in [4.78, 5) is 7.98. The summed E-state index contributed by atoms with van der Waals surface area (Å²) in [6.45, 7) is -0.106. The molecule has 2 aromatic rings. The zero-order valence-corrected chi connectivity index (χ0v) is 10.9. The quantitative estimate of drug-likeness (QED) is 0.945. The van der Waals surface area contributed by atoms with E-state index in [1.54, 1.807) is 24.5 Å². The Kier molecular flexibility index (Phi) is 3.93. The van der Waals surface area contributed by atoms with Gasteiger partial charge in [0, 0.05) is 16.9 Å². The van der Waals surface area contributed by atoms with E-state index in [0.29, 0.717) is 16.3 Å². The van der Waals surface area contributed by atoms with Crippen molar-refractivity contribution in [3.63, 3.8) is 0 Å². The second-order valence-corrected chi connectivity index (χ2v) is 4.55. The van der Waals surface area contributed by atoms with Crippen molar-refractivity contribution in [1.82, 2.24) is 9.97 Å². The maximum atomic E-state index is 8.92. The Labute approximate surface area is 111 Å². The number of ether oxygens (including phenoxy) is 1. The van der Waals surface area contributed by atoms with Gasteiger partial charge in [-0.15, -0.1) is 0 Å². The Bertz CT molecular complexity index is 537. The number of halogens is 2. The van der Waals surface area contributed by atoms with E-state index in [9.17, 15) is 0 Å². The van der Waals surface area contributed by atoms with E-state index in [4.69, 9.17) is 21.4 Å². The second-order valence-electron chi connectivity index (χ2n) is 3.23. The standard InChI is InChI=1S/C11H8BrClN2O2/c12-8-2-9(5-14-4-8)17-11-10(13)1-7(6-16)3-15-11/h1-5,16H,6H2. The molecule has 88 valence electrons. The lowest BCUT2D eigenvalue weighted by Gasteiger charge is -2.07. The van der Waals surface area contributed by atoms with Gasteiger partial charge in [0.05, 0.1) is 12.8 Å². The molecule has 0 saturated heterocycles. The van der Waals surface area contributed by atoms with Crippen LogP contribution in [0.3, 0.4) is 0 Å². The van der Waals surface area contributed by atoms with Crippen molar-refractivity contribution < 1.29 is 9.84 Å². The molecule has 0 atom stereocenters. The minimum atomic E-state index is -0.106. The lowest BCUT2D eigenvalue weighted by molar-refractivity contribution is 0.281. The van der Waals surface area contributed by atoms with Crippen molar-refractivity contribution in [2.45, 2.75) is 6.61 Å².